The molecule has 0 aliphatic carbocycles. The number of aliphatic carboxylic acids is 1. The van der Waals surface area contributed by atoms with Crippen molar-refractivity contribution >= 4 is 17.7 Å². The van der Waals surface area contributed by atoms with E-state index in [1.54, 1.807) is 30.0 Å². The maximum absolute atomic E-state index is 12.8. The van der Waals surface area contributed by atoms with E-state index in [1.165, 1.54) is 12.1 Å². The fraction of sp³-hybridized carbons (Fsp3) is 0.167. The molecule has 118 valence electrons. The molecule has 0 fully saturated rings. The van der Waals surface area contributed by atoms with Gasteiger partial charge in [-0.05, 0) is 55.0 Å². The van der Waals surface area contributed by atoms with Crippen molar-refractivity contribution in [3.05, 3.63) is 59.4 Å². The smallest absolute Gasteiger partial charge is 0.341 e. The first kappa shape index (κ1) is 16.9. The first-order valence-corrected chi connectivity index (χ1v) is 7.85. The molecule has 0 atom stereocenters. The fourth-order valence-corrected chi connectivity index (χ4v) is 2.54. The first-order chi connectivity index (χ1) is 11.0. The highest BCUT2D eigenvalue weighted by atomic mass is 32.2. The van der Waals surface area contributed by atoms with Gasteiger partial charge in [0.2, 0.25) is 0 Å². The highest BCUT2D eigenvalue weighted by molar-refractivity contribution is 7.99. The zero-order valence-corrected chi connectivity index (χ0v) is 13.3. The predicted molar refractivity (Wildman–Crippen MR) is 88.3 cm³/mol. The molecular formula is C18H15FO3S. The van der Waals surface area contributed by atoms with E-state index in [0.717, 1.165) is 16.0 Å². The molecule has 0 aromatic heterocycles. The van der Waals surface area contributed by atoms with Gasteiger partial charge in [0.05, 0.1) is 5.75 Å². The van der Waals surface area contributed by atoms with E-state index in [1.807, 2.05) is 19.1 Å². The van der Waals surface area contributed by atoms with Crippen LogP contribution in [0.4, 0.5) is 4.39 Å². The van der Waals surface area contributed by atoms with Crippen LogP contribution in [-0.2, 0) is 4.79 Å². The number of rotatable bonds is 5. The number of ether oxygens (including phenoxy) is 1. The molecule has 0 saturated heterocycles. The van der Waals surface area contributed by atoms with Gasteiger partial charge in [-0.25, -0.2) is 9.18 Å². The second-order valence-corrected chi connectivity index (χ2v) is 5.76. The molecule has 23 heavy (non-hydrogen) atoms. The summed E-state index contributed by atoms with van der Waals surface area (Å²) in [5.41, 5.74) is 1.66. The molecular weight excluding hydrogens is 315 g/mol. The Morgan fingerprint density at radius 2 is 2.00 bits per heavy atom. The van der Waals surface area contributed by atoms with Crippen LogP contribution in [0.1, 0.15) is 11.1 Å². The molecule has 0 bridgehead atoms. The van der Waals surface area contributed by atoms with Crippen LogP contribution in [0.25, 0.3) is 0 Å². The number of thioether (sulfide) groups is 1. The topological polar surface area (TPSA) is 46.5 Å². The van der Waals surface area contributed by atoms with Gasteiger partial charge in [0, 0.05) is 10.5 Å². The Morgan fingerprint density at radius 1 is 1.26 bits per heavy atom. The molecule has 0 spiro atoms. The lowest BCUT2D eigenvalue weighted by Crippen LogP contribution is -2.09. The Labute approximate surface area is 138 Å². The normalized spacial score (nSPS) is 9.83. The Kier molecular flexibility index (Phi) is 6.07. The molecule has 0 aliphatic rings. The van der Waals surface area contributed by atoms with Gasteiger partial charge in [-0.3, -0.25) is 0 Å². The maximum Gasteiger partial charge on any atom is 0.341 e. The van der Waals surface area contributed by atoms with Crippen molar-refractivity contribution in [2.24, 2.45) is 0 Å². The molecule has 0 saturated carbocycles. The van der Waals surface area contributed by atoms with Gasteiger partial charge in [0.25, 0.3) is 0 Å². The van der Waals surface area contributed by atoms with E-state index in [-0.39, 0.29) is 12.4 Å². The summed E-state index contributed by atoms with van der Waals surface area (Å²) in [6, 6.07) is 11.6. The molecule has 0 radical (unpaired) electrons. The van der Waals surface area contributed by atoms with Crippen LogP contribution >= 0.6 is 11.8 Å². The monoisotopic (exact) mass is 330 g/mol. The van der Waals surface area contributed by atoms with Crippen LogP contribution in [-0.4, -0.2) is 23.4 Å². The summed E-state index contributed by atoms with van der Waals surface area (Å²) < 4.78 is 17.9. The molecule has 2 rings (SSSR count). The van der Waals surface area contributed by atoms with Crippen molar-refractivity contribution in [1.29, 1.82) is 0 Å². The van der Waals surface area contributed by atoms with E-state index in [9.17, 15) is 9.18 Å². The lowest BCUT2D eigenvalue weighted by atomic mass is 10.2. The number of halogens is 1. The van der Waals surface area contributed by atoms with Crippen molar-refractivity contribution < 1.29 is 19.0 Å². The average molecular weight is 330 g/mol. The van der Waals surface area contributed by atoms with Gasteiger partial charge in [0.15, 0.2) is 6.61 Å². The van der Waals surface area contributed by atoms with Gasteiger partial charge in [0.1, 0.15) is 11.6 Å². The number of hydrogen-bond donors (Lipinski definition) is 1. The Hall–Kier alpha value is -2.45. The fourth-order valence-electron chi connectivity index (χ4n) is 1.80. The van der Waals surface area contributed by atoms with Crippen LogP contribution in [0.5, 0.6) is 5.75 Å². The van der Waals surface area contributed by atoms with Crippen molar-refractivity contribution in [2.45, 2.75) is 11.8 Å². The van der Waals surface area contributed by atoms with Gasteiger partial charge in [-0.2, -0.15) is 0 Å². The number of carboxylic acids is 1. The quantitative estimate of drug-likeness (QED) is 0.670. The molecule has 3 nitrogen and oxygen atoms in total. The van der Waals surface area contributed by atoms with E-state index in [4.69, 9.17) is 9.84 Å². The van der Waals surface area contributed by atoms with Crippen LogP contribution in [0.3, 0.4) is 0 Å². The van der Waals surface area contributed by atoms with Crippen molar-refractivity contribution in [3.8, 4) is 17.6 Å². The Morgan fingerprint density at radius 3 is 2.65 bits per heavy atom. The number of benzene rings is 2. The second kappa shape index (κ2) is 8.25. The van der Waals surface area contributed by atoms with Gasteiger partial charge in [-0.15, -0.1) is 11.8 Å². The lowest BCUT2D eigenvalue weighted by Gasteiger charge is -2.08. The zero-order valence-electron chi connectivity index (χ0n) is 12.5. The number of hydrogen-bond acceptors (Lipinski definition) is 3. The van der Waals surface area contributed by atoms with E-state index < -0.39 is 5.97 Å². The standard InChI is InChI=1S/C18H15FO3S/c1-13-11-16(8-9-17(13)22-12-18(20)21)23-10-2-3-14-4-6-15(19)7-5-14/h4-9,11H,10,12H2,1H3,(H,20,21). The molecule has 5 heteroatoms. The SMILES string of the molecule is Cc1cc(SCC#Cc2ccc(F)cc2)ccc1OCC(=O)O. The average Bonchev–Trinajstić information content (AvgIpc) is 2.52. The molecule has 1 N–H and O–H groups in total. The van der Waals surface area contributed by atoms with E-state index in [0.29, 0.717) is 11.5 Å². The number of carbonyl (C=O) groups is 1. The minimum Gasteiger partial charge on any atom is -0.482 e. The van der Waals surface area contributed by atoms with Crippen LogP contribution in [0, 0.1) is 24.6 Å². The van der Waals surface area contributed by atoms with Crippen LogP contribution < -0.4 is 4.74 Å². The highest BCUT2D eigenvalue weighted by Crippen LogP contribution is 2.25. The maximum atomic E-state index is 12.8. The third-order valence-electron chi connectivity index (χ3n) is 2.89. The minimum atomic E-state index is -1.00. The Balaban J connectivity index is 1.90. The molecule has 0 unspecified atom stereocenters. The van der Waals surface area contributed by atoms with Gasteiger partial charge >= 0.3 is 5.97 Å². The largest absolute Gasteiger partial charge is 0.482 e. The molecule has 2 aromatic rings. The van der Waals surface area contributed by atoms with Crippen LogP contribution in [0.2, 0.25) is 0 Å². The van der Waals surface area contributed by atoms with Crippen molar-refractivity contribution in [1.82, 2.24) is 0 Å². The summed E-state index contributed by atoms with van der Waals surface area (Å²) in [5, 5.41) is 8.61. The molecule has 2 aromatic carbocycles. The predicted octanol–water partition coefficient (Wildman–Crippen LogP) is 3.74. The van der Waals surface area contributed by atoms with E-state index >= 15 is 0 Å². The number of aryl methyl sites for hydroxylation is 1. The van der Waals surface area contributed by atoms with Gasteiger partial charge in [-0.1, -0.05) is 11.8 Å². The zero-order chi connectivity index (χ0) is 16.7. The number of carboxylic acid groups (broad SMARTS) is 1. The first-order valence-electron chi connectivity index (χ1n) is 6.87. The summed E-state index contributed by atoms with van der Waals surface area (Å²) in [6.07, 6.45) is 0. The highest BCUT2D eigenvalue weighted by Gasteiger charge is 2.04. The second-order valence-electron chi connectivity index (χ2n) is 4.71. The van der Waals surface area contributed by atoms with E-state index in [2.05, 4.69) is 11.8 Å². The summed E-state index contributed by atoms with van der Waals surface area (Å²) in [4.78, 5) is 11.5. The summed E-state index contributed by atoms with van der Waals surface area (Å²) in [5.74, 6) is 5.89. The third-order valence-corrected chi connectivity index (χ3v) is 3.76. The molecule has 0 amide bonds. The lowest BCUT2D eigenvalue weighted by molar-refractivity contribution is -0.139. The van der Waals surface area contributed by atoms with Gasteiger partial charge < -0.3 is 9.84 Å². The third kappa shape index (κ3) is 5.68. The summed E-state index contributed by atoms with van der Waals surface area (Å²) >= 11 is 1.57. The van der Waals surface area contributed by atoms with Crippen molar-refractivity contribution in [2.75, 3.05) is 12.4 Å². The molecule has 0 aliphatic heterocycles. The Bertz CT molecular complexity index is 745. The summed E-state index contributed by atoms with van der Waals surface area (Å²) in [6.45, 7) is 1.52. The molecule has 0 heterocycles. The minimum absolute atomic E-state index is 0.273. The summed E-state index contributed by atoms with van der Waals surface area (Å²) in [7, 11) is 0. The van der Waals surface area contributed by atoms with Crippen molar-refractivity contribution in [3.63, 3.8) is 0 Å². The van der Waals surface area contributed by atoms with Crippen LogP contribution in [0.15, 0.2) is 47.4 Å².